The zero-order chi connectivity index (χ0) is 15.2. The lowest BCUT2D eigenvalue weighted by Crippen LogP contribution is -2.47. The molecule has 1 saturated heterocycles. The second kappa shape index (κ2) is 4.86. The van der Waals surface area contributed by atoms with E-state index in [1.807, 2.05) is 0 Å². The van der Waals surface area contributed by atoms with Crippen LogP contribution in [0.4, 0.5) is 5.82 Å². The average molecular weight is 297 g/mol. The number of anilines is 1. The lowest BCUT2D eigenvalue weighted by molar-refractivity contribution is -0.269. The van der Waals surface area contributed by atoms with Gasteiger partial charge in [0.25, 0.3) is 0 Å². The Bertz CT molecular complexity index is 657. The number of methoxy groups -OCH3 is 1. The molecule has 114 valence electrons. The second-order valence-electron chi connectivity index (χ2n) is 4.70. The Hall–Kier alpha value is -1.85. The van der Waals surface area contributed by atoms with Gasteiger partial charge in [-0.25, -0.2) is 15.0 Å². The van der Waals surface area contributed by atoms with E-state index in [4.69, 9.17) is 15.2 Å². The van der Waals surface area contributed by atoms with Crippen LogP contribution in [0.5, 0.6) is 0 Å². The molecule has 10 nitrogen and oxygen atoms in total. The van der Waals surface area contributed by atoms with E-state index < -0.39 is 30.8 Å². The minimum atomic E-state index is -1.71. The predicted octanol–water partition coefficient (Wildman–Crippen LogP) is -2.01. The molecule has 2 aromatic heterocycles. The van der Waals surface area contributed by atoms with Crippen LogP contribution in [0.2, 0.25) is 0 Å². The number of aliphatic hydroxyl groups is 3. The summed E-state index contributed by atoms with van der Waals surface area (Å²) in [7, 11) is 1.26. The molecule has 0 unspecified atom stereocenters. The van der Waals surface area contributed by atoms with Crippen LogP contribution < -0.4 is 5.73 Å². The Balaban J connectivity index is 2.06. The maximum Gasteiger partial charge on any atom is 0.222 e. The molecule has 0 amide bonds. The van der Waals surface area contributed by atoms with Gasteiger partial charge in [0.15, 0.2) is 17.7 Å². The van der Waals surface area contributed by atoms with Gasteiger partial charge < -0.3 is 30.5 Å². The smallest absolute Gasteiger partial charge is 0.222 e. The number of rotatable bonds is 3. The molecule has 1 aliphatic heterocycles. The first-order valence-electron chi connectivity index (χ1n) is 6.17. The van der Waals surface area contributed by atoms with E-state index in [9.17, 15) is 15.3 Å². The van der Waals surface area contributed by atoms with Gasteiger partial charge in [0.05, 0.1) is 6.33 Å². The highest BCUT2D eigenvalue weighted by molar-refractivity contribution is 5.81. The number of hydrogen-bond acceptors (Lipinski definition) is 9. The van der Waals surface area contributed by atoms with Gasteiger partial charge in [0.2, 0.25) is 5.79 Å². The van der Waals surface area contributed by atoms with E-state index in [0.29, 0.717) is 11.2 Å². The Labute approximate surface area is 118 Å². The maximum absolute atomic E-state index is 10.2. The second-order valence-corrected chi connectivity index (χ2v) is 4.70. The number of imidazole rings is 1. The predicted molar refractivity (Wildman–Crippen MR) is 68.7 cm³/mol. The molecule has 0 bridgehead atoms. The number of aliphatic hydroxyl groups excluding tert-OH is 3. The molecule has 1 fully saturated rings. The van der Waals surface area contributed by atoms with Gasteiger partial charge in [0, 0.05) is 7.11 Å². The van der Waals surface area contributed by atoms with Crippen LogP contribution in [0.15, 0.2) is 12.7 Å². The topological polar surface area (TPSA) is 149 Å². The number of nitrogen functional groups attached to an aromatic ring is 1. The molecule has 4 atom stereocenters. The molecule has 3 heterocycles. The lowest BCUT2D eigenvalue weighted by Gasteiger charge is -2.27. The monoisotopic (exact) mass is 297 g/mol. The summed E-state index contributed by atoms with van der Waals surface area (Å²) in [5.41, 5.74) is 6.38. The van der Waals surface area contributed by atoms with Crippen molar-refractivity contribution in [2.45, 2.75) is 24.2 Å². The molecular weight excluding hydrogens is 282 g/mol. The van der Waals surface area contributed by atoms with Crippen molar-refractivity contribution in [2.75, 3.05) is 19.5 Å². The van der Waals surface area contributed by atoms with Gasteiger partial charge in [-0.1, -0.05) is 0 Å². The van der Waals surface area contributed by atoms with Gasteiger partial charge in [-0.15, -0.1) is 0 Å². The van der Waals surface area contributed by atoms with Crippen molar-refractivity contribution in [3.8, 4) is 0 Å². The van der Waals surface area contributed by atoms with Crippen LogP contribution in [0.1, 0.15) is 6.23 Å². The standard InChI is InChI=1S/C11H15N5O5/c1-20-11(2-17)7(19)6(18)10(21-11)16-4-15-5-8(12)13-3-14-9(5)16/h3-4,6-7,10,17-19H,2H2,1H3,(H2,12,13,14)/t6-,7+,10-,11-/m1/s1. The van der Waals surface area contributed by atoms with Gasteiger partial charge in [-0.05, 0) is 0 Å². The van der Waals surface area contributed by atoms with Gasteiger partial charge in [-0.2, -0.15) is 0 Å². The number of hydrogen-bond donors (Lipinski definition) is 4. The Morgan fingerprint density at radius 1 is 1.43 bits per heavy atom. The van der Waals surface area contributed by atoms with E-state index in [1.54, 1.807) is 0 Å². The molecule has 0 aliphatic carbocycles. The van der Waals surface area contributed by atoms with Crippen LogP contribution in [0.3, 0.4) is 0 Å². The minimum absolute atomic E-state index is 0.187. The van der Waals surface area contributed by atoms with Gasteiger partial charge in [0.1, 0.15) is 30.7 Å². The third-order valence-corrected chi connectivity index (χ3v) is 3.61. The van der Waals surface area contributed by atoms with E-state index in [2.05, 4.69) is 15.0 Å². The van der Waals surface area contributed by atoms with Crippen molar-refractivity contribution in [1.29, 1.82) is 0 Å². The third kappa shape index (κ3) is 1.88. The summed E-state index contributed by atoms with van der Waals surface area (Å²) in [4.78, 5) is 11.9. The summed E-state index contributed by atoms with van der Waals surface area (Å²) in [5.74, 6) is -1.52. The largest absolute Gasteiger partial charge is 0.391 e. The number of aromatic nitrogens is 4. The summed E-state index contributed by atoms with van der Waals surface area (Å²) in [6, 6.07) is 0. The fourth-order valence-electron chi connectivity index (χ4n) is 2.40. The maximum atomic E-state index is 10.2. The molecule has 3 rings (SSSR count). The van der Waals surface area contributed by atoms with E-state index in [0.717, 1.165) is 0 Å². The first-order chi connectivity index (χ1) is 10.0. The summed E-state index contributed by atoms with van der Waals surface area (Å²) in [5, 5.41) is 29.6. The van der Waals surface area contributed by atoms with E-state index >= 15 is 0 Å². The SMILES string of the molecule is CO[C@]1(CO)O[C@@H](n2cnc3c(N)ncnc32)[C@H](O)[C@@H]1O. The molecule has 0 spiro atoms. The third-order valence-electron chi connectivity index (χ3n) is 3.61. The first kappa shape index (κ1) is 14.1. The highest BCUT2D eigenvalue weighted by Crippen LogP contribution is 2.38. The minimum Gasteiger partial charge on any atom is -0.391 e. The van der Waals surface area contributed by atoms with Crippen molar-refractivity contribution in [1.82, 2.24) is 19.5 Å². The summed E-state index contributed by atoms with van der Waals surface area (Å²) in [6.45, 7) is -0.623. The normalized spacial score (nSPS) is 32.9. The molecule has 0 saturated carbocycles. The Morgan fingerprint density at radius 2 is 2.19 bits per heavy atom. The fourth-order valence-corrected chi connectivity index (χ4v) is 2.40. The zero-order valence-corrected chi connectivity index (χ0v) is 11.1. The fraction of sp³-hybridized carbons (Fsp3) is 0.545. The summed E-state index contributed by atoms with van der Waals surface area (Å²) in [6.07, 6.45) is -1.20. The quantitative estimate of drug-likeness (QED) is 0.504. The molecular formula is C11H15N5O5. The molecule has 5 N–H and O–H groups in total. The highest BCUT2D eigenvalue weighted by Gasteiger charge is 2.55. The summed E-state index contributed by atoms with van der Waals surface area (Å²) < 4.78 is 11.9. The highest BCUT2D eigenvalue weighted by atomic mass is 16.7. The molecule has 10 heteroatoms. The van der Waals surface area contributed by atoms with Crippen molar-refractivity contribution < 1.29 is 24.8 Å². The van der Waals surface area contributed by atoms with Crippen LogP contribution in [-0.2, 0) is 9.47 Å². The molecule has 0 aromatic carbocycles. The number of nitrogens with two attached hydrogens (primary N) is 1. The average Bonchev–Trinajstić information content (AvgIpc) is 3.02. The van der Waals surface area contributed by atoms with Gasteiger partial charge in [-0.3, -0.25) is 4.57 Å². The van der Waals surface area contributed by atoms with Crippen LogP contribution in [0, 0.1) is 0 Å². The van der Waals surface area contributed by atoms with E-state index in [1.165, 1.54) is 24.3 Å². The number of fused-ring (bicyclic) bond motifs is 1. The molecule has 1 aliphatic rings. The lowest BCUT2D eigenvalue weighted by atomic mass is 10.1. The molecule has 0 radical (unpaired) electrons. The van der Waals surface area contributed by atoms with Crippen molar-refractivity contribution in [3.05, 3.63) is 12.7 Å². The zero-order valence-electron chi connectivity index (χ0n) is 11.1. The summed E-state index contributed by atoms with van der Waals surface area (Å²) >= 11 is 0. The van der Waals surface area contributed by atoms with Crippen molar-refractivity contribution in [2.24, 2.45) is 0 Å². The van der Waals surface area contributed by atoms with Crippen LogP contribution >= 0.6 is 0 Å². The molecule has 21 heavy (non-hydrogen) atoms. The molecule has 2 aromatic rings. The van der Waals surface area contributed by atoms with Crippen molar-refractivity contribution >= 4 is 17.0 Å². The van der Waals surface area contributed by atoms with Crippen LogP contribution in [-0.4, -0.2) is 66.6 Å². The number of nitrogens with zero attached hydrogens (tertiary/aromatic N) is 4. The number of ether oxygens (including phenoxy) is 2. The van der Waals surface area contributed by atoms with Crippen LogP contribution in [0.25, 0.3) is 11.2 Å². The first-order valence-corrected chi connectivity index (χ1v) is 6.17. The Morgan fingerprint density at radius 3 is 2.81 bits per heavy atom. The van der Waals surface area contributed by atoms with Gasteiger partial charge >= 0.3 is 0 Å². The van der Waals surface area contributed by atoms with E-state index in [-0.39, 0.29) is 5.82 Å². The Kier molecular flexibility index (Phi) is 3.26. The van der Waals surface area contributed by atoms with Crippen molar-refractivity contribution in [3.63, 3.8) is 0 Å².